The lowest BCUT2D eigenvalue weighted by Gasteiger charge is -2.22. The van der Waals surface area contributed by atoms with Gasteiger partial charge in [0, 0.05) is 36.7 Å². The Morgan fingerprint density at radius 2 is 1.84 bits per heavy atom. The Balaban J connectivity index is 1.98. The van der Waals surface area contributed by atoms with E-state index in [-0.39, 0.29) is 11.1 Å². The lowest BCUT2D eigenvalue weighted by atomic mass is 10.0. The van der Waals surface area contributed by atoms with E-state index >= 15 is 0 Å². The second kappa shape index (κ2) is 13.2. The van der Waals surface area contributed by atoms with Gasteiger partial charge in [-0.2, -0.15) is 0 Å². The van der Waals surface area contributed by atoms with Crippen molar-refractivity contribution in [2.75, 3.05) is 31.2 Å². The van der Waals surface area contributed by atoms with E-state index in [9.17, 15) is 9.59 Å². The van der Waals surface area contributed by atoms with Gasteiger partial charge in [0.25, 0.3) is 0 Å². The van der Waals surface area contributed by atoms with Crippen LogP contribution in [0.3, 0.4) is 0 Å². The van der Waals surface area contributed by atoms with Gasteiger partial charge in [0.15, 0.2) is 5.12 Å². The minimum absolute atomic E-state index is 0.0558. The fourth-order valence-electron chi connectivity index (χ4n) is 3.74. The van der Waals surface area contributed by atoms with E-state index in [1.807, 2.05) is 32.9 Å². The average molecular weight is 464 g/mol. The van der Waals surface area contributed by atoms with Crippen molar-refractivity contribution in [3.63, 3.8) is 0 Å². The molecule has 2 rings (SSSR count). The third kappa shape index (κ3) is 9.53. The van der Waals surface area contributed by atoms with Gasteiger partial charge in [0.1, 0.15) is 5.60 Å². The number of unbranched alkanes of at least 4 members (excludes halogenated alkanes) is 1. The van der Waals surface area contributed by atoms with Crippen LogP contribution >= 0.6 is 11.8 Å². The van der Waals surface area contributed by atoms with Crippen molar-refractivity contribution < 1.29 is 19.1 Å². The maximum Gasteiger partial charge on any atom is 0.338 e. The summed E-state index contributed by atoms with van der Waals surface area (Å²) in [5.41, 5.74) is 0.922. The van der Waals surface area contributed by atoms with Crippen LogP contribution in [-0.4, -0.2) is 43.0 Å². The van der Waals surface area contributed by atoms with E-state index in [0.717, 1.165) is 49.5 Å². The van der Waals surface area contributed by atoms with E-state index in [2.05, 4.69) is 18.7 Å². The summed E-state index contributed by atoms with van der Waals surface area (Å²) in [4.78, 5) is 28.3. The SMILES string of the molecule is CCCCC(CC)COCCC(=O)Sc1cc(C(=O)OC(C)(C)C)cc(N2CCCC2)c1. The van der Waals surface area contributed by atoms with Gasteiger partial charge in [-0.3, -0.25) is 4.79 Å². The minimum Gasteiger partial charge on any atom is -0.456 e. The summed E-state index contributed by atoms with van der Waals surface area (Å²) in [6, 6.07) is 5.67. The summed E-state index contributed by atoms with van der Waals surface area (Å²) in [6.45, 7) is 13.1. The highest BCUT2D eigenvalue weighted by Gasteiger charge is 2.21. The molecule has 1 atom stereocenters. The van der Waals surface area contributed by atoms with E-state index < -0.39 is 5.60 Å². The fraction of sp³-hybridized carbons (Fsp3) is 0.692. The highest BCUT2D eigenvalue weighted by atomic mass is 32.2. The average Bonchev–Trinajstić information content (AvgIpc) is 3.27. The Labute approximate surface area is 198 Å². The second-order valence-electron chi connectivity index (χ2n) is 9.63. The molecule has 0 bridgehead atoms. The van der Waals surface area contributed by atoms with E-state index in [0.29, 0.717) is 24.5 Å². The number of rotatable bonds is 12. The highest BCUT2D eigenvalue weighted by molar-refractivity contribution is 8.13. The molecule has 0 radical (unpaired) electrons. The summed E-state index contributed by atoms with van der Waals surface area (Å²) < 4.78 is 11.4. The van der Waals surface area contributed by atoms with Crippen molar-refractivity contribution in [1.82, 2.24) is 0 Å². The lowest BCUT2D eigenvalue weighted by molar-refractivity contribution is -0.112. The van der Waals surface area contributed by atoms with Crippen LogP contribution in [0.2, 0.25) is 0 Å². The number of thioether (sulfide) groups is 1. The quantitative estimate of drug-likeness (QED) is 0.201. The van der Waals surface area contributed by atoms with Crippen molar-refractivity contribution >= 4 is 28.5 Å². The summed E-state index contributed by atoms with van der Waals surface area (Å²) >= 11 is 1.19. The Morgan fingerprint density at radius 3 is 2.47 bits per heavy atom. The van der Waals surface area contributed by atoms with Gasteiger partial charge in [0.05, 0.1) is 12.2 Å². The predicted octanol–water partition coefficient (Wildman–Crippen LogP) is 6.48. The van der Waals surface area contributed by atoms with Crippen LogP contribution in [0.1, 0.15) is 89.9 Å². The van der Waals surface area contributed by atoms with Gasteiger partial charge in [-0.05, 0) is 64.2 Å². The number of ether oxygens (including phenoxy) is 2. The molecule has 32 heavy (non-hydrogen) atoms. The molecule has 0 aliphatic carbocycles. The maximum atomic E-state index is 12.7. The molecule has 0 N–H and O–H groups in total. The molecule has 180 valence electrons. The number of benzene rings is 1. The molecule has 0 saturated carbocycles. The van der Waals surface area contributed by atoms with Gasteiger partial charge in [-0.1, -0.05) is 44.9 Å². The zero-order chi connectivity index (χ0) is 23.6. The van der Waals surface area contributed by atoms with Crippen molar-refractivity contribution in [2.24, 2.45) is 5.92 Å². The number of carbonyl (C=O) groups is 2. The molecule has 0 aromatic heterocycles. The Bertz CT molecular complexity index is 738. The lowest BCUT2D eigenvalue weighted by Crippen LogP contribution is -2.24. The van der Waals surface area contributed by atoms with Crippen LogP contribution in [0.5, 0.6) is 0 Å². The number of carbonyl (C=O) groups excluding carboxylic acids is 2. The molecular weight excluding hydrogens is 422 g/mol. The highest BCUT2D eigenvalue weighted by Crippen LogP contribution is 2.30. The molecule has 0 spiro atoms. The van der Waals surface area contributed by atoms with Crippen LogP contribution in [0.4, 0.5) is 5.69 Å². The Morgan fingerprint density at radius 1 is 1.12 bits per heavy atom. The third-order valence-electron chi connectivity index (χ3n) is 5.58. The number of anilines is 1. The molecule has 1 heterocycles. The molecular formula is C26H41NO4S. The van der Waals surface area contributed by atoms with Crippen LogP contribution < -0.4 is 4.90 Å². The van der Waals surface area contributed by atoms with Gasteiger partial charge in [0.2, 0.25) is 0 Å². The first-order valence-electron chi connectivity index (χ1n) is 12.1. The summed E-state index contributed by atoms with van der Waals surface area (Å²) in [6.07, 6.45) is 7.38. The van der Waals surface area contributed by atoms with Crippen molar-refractivity contribution in [3.8, 4) is 0 Å². The van der Waals surface area contributed by atoms with E-state index in [4.69, 9.17) is 9.47 Å². The molecule has 1 aliphatic heterocycles. The number of esters is 1. The number of nitrogens with zero attached hydrogens (tertiary/aromatic N) is 1. The summed E-state index contributed by atoms with van der Waals surface area (Å²) in [5, 5.41) is 0.0558. The normalized spacial score (nSPS) is 15.1. The van der Waals surface area contributed by atoms with Crippen molar-refractivity contribution in [1.29, 1.82) is 0 Å². The van der Waals surface area contributed by atoms with Crippen LogP contribution in [0, 0.1) is 5.92 Å². The zero-order valence-electron chi connectivity index (χ0n) is 20.6. The van der Waals surface area contributed by atoms with Crippen LogP contribution in [-0.2, 0) is 14.3 Å². The maximum absolute atomic E-state index is 12.7. The Kier molecular flexibility index (Phi) is 11.1. The van der Waals surface area contributed by atoms with Gasteiger partial charge in [-0.15, -0.1) is 0 Å². The standard InChI is InChI=1S/C26H41NO4S/c1-6-8-11-20(7-2)19-30-15-12-24(28)32-23-17-21(25(29)31-26(3,4)5)16-22(18-23)27-13-9-10-14-27/h16-18,20H,6-15,19H2,1-5H3. The van der Waals surface area contributed by atoms with E-state index in [1.54, 1.807) is 6.07 Å². The predicted molar refractivity (Wildman–Crippen MR) is 133 cm³/mol. The monoisotopic (exact) mass is 463 g/mol. The summed E-state index contributed by atoms with van der Waals surface area (Å²) in [5.74, 6) is 0.222. The van der Waals surface area contributed by atoms with Crippen LogP contribution in [0.25, 0.3) is 0 Å². The Hall–Kier alpha value is -1.53. The summed E-state index contributed by atoms with van der Waals surface area (Å²) in [7, 11) is 0. The van der Waals surface area contributed by atoms with E-state index in [1.165, 1.54) is 31.0 Å². The first-order chi connectivity index (χ1) is 15.2. The third-order valence-corrected chi connectivity index (χ3v) is 6.48. The van der Waals surface area contributed by atoms with Gasteiger partial charge in [-0.25, -0.2) is 4.79 Å². The molecule has 6 heteroatoms. The molecule has 1 aromatic rings. The van der Waals surface area contributed by atoms with Crippen LogP contribution in [0.15, 0.2) is 23.1 Å². The van der Waals surface area contributed by atoms with Crippen molar-refractivity contribution in [3.05, 3.63) is 23.8 Å². The largest absolute Gasteiger partial charge is 0.456 e. The number of hydrogen-bond acceptors (Lipinski definition) is 6. The smallest absolute Gasteiger partial charge is 0.338 e. The molecule has 1 fully saturated rings. The molecule has 0 amide bonds. The van der Waals surface area contributed by atoms with Crippen molar-refractivity contribution in [2.45, 2.75) is 90.1 Å². The van der Waals surface area contributed by atoms with Gasteiger partial charge >= 0.3 is 5.97 Å². The van der Waals surface area contributed by atoms with Gasteiger partial charge < -0.3 is 14.4 Å². The molecule has 5 nitrogen and oxygen atoms in total. The minimum atomic E-state index is -0.561. The molecule has 1 unspecified atom stereocenters. The fourth-order valence-corrected chi connectivity index (χ4v) is 4.55. The first kappa shape index (κ1) is 26.7. The number of hydrogen-bond donors (Lipinski definition) is 0. The molecule has 1 aromatic carbocycles. The topological polar surface area (TPSA) is 55.8 Å². The first-order valence-corrected chi connectivity index (χ1v) is 12.9. The second-order valence-corrected chi connectivity index (χ2v) is 10.8. The zero-order valence-corrected chi connectivity index (χ0v) is 21.4. The molecule has 1 saturated heterocycles. The molecule has 1 aliphatic rings.